The fourth-order valence-electron chi connectivity index (χ4n) is 1.69. The van der Waals surface area contributed by atoms with Gasteiger partial charge in [-0.3, -0.25) is 9.48 Å². The van der Waals surface area contributed by atoms with Crippen molar-refractivity contribution < 1.29 is 9.90 Å². The van der Waals surface area contributed by atoms with Gasteiger partial charge in [0.15, 0.2) is 0 Å². The Morgan fingerprint density at radius 3 is 2.39 bits per heavy atom. The van der Waals surface area contributed by atoms with Gasteiger partial charge in [0, 0.05) is 19.3 Å². The van der Waals surface area contributed by atoms with Gasteiger partial charge in [-0.2, -0.15) is 5.10 Å². The molecule has 0 fully saturated rings. The minimum Gasteiger partial charge on any atom is -0.391 e. The lowest BCUT2D eigenvalue weighted by molar-refractivity contribution is 0.0586. The molecule has 1 atom stereocenters. The lowest BCUT2D eigenvalue weighted by Crippen LogP contribution is -2.39. The van der Waals surface area contributed by atoms with E-state index in [2.05, 4.69) is 10.4 Å². The van der Waals surface area contributed by atoms with E-state index >= 15 is 0 Å². The fourth-order valence-corrected chi connectivity index (χ4v) is 1.69. The van der Waals surface area contributed by atoms with Crippen LogP contribution in [0.4, 0.5) is 0 Å². The molecule has 1 aromatic heterocycles. The highest BCUT2D eigenvalue weighted by Crippen LogP contribution is 2.18. The van der Waals surface area contributed by atoms with Crippen molar-refractivity contribution in [1.82, 2.24) is 15.1 Å². The molecule has 0 aromatic carbocycles. The summed E-state index contributed by atoms with van der Waals surface area (Å²) < 4.78 is 1.68. The number of aliphatic hydroxyl groups excluding tert-OH is 1. The van der Waals surface area contributed by atoms with Crippen LogP contribution in [0, 0.1) is 19.3 Å². The van der Waals surface area contributed by atoms with Crippen LogP contribution in [0.5, 0.6) is 0 Å². The van der Waals surface area contributed by atoms with E-state index in [-0.39, 0.29) is 17.9 Å². The molecule has 5 nitrogen and oxygen atoms in total. The predicted octanol–water partition coefficient (Wildman–Crippen LogP) is 1.17. The molecule has 2 N–H and O–H groups in total. The zero-order chi connectivity index (χ0) is 14.1. The summed E-state index contributed by atoms with van der Waals surface area (Å²) in [6, 6.07) is 0. The van der Waals surface area contributed by atoms with E-state index in [4.69, 9.17) is 0 Å². The molecule has 1 unspecified atom stereocenters. The van der Waals surface area contributed by atoms with Gasteiger partial charge >= 0.3 is 0 Å². The van der Waals surface area contributed by atoms with Gasteiger partial charge in [-0.15, -0.1) is 0 Å². The van der Waals surface area contributed by atoms with Crippen LogP contribution in [0.3, 0.4) is 0 Å². The summed E-state index contributed by atoms with van der Waals surface area (Å²) in [5.74, 6) is -0.179. The highest BCUT2D eigenvalue weighted by atomic mass is 16.3. The Bertz CT molecular complexity index is 444. The summed E-state index contributed by atoms with van der Waals surface area (Å²) in [5, 5.41) is 16.8. The minimum atomic E-state index is -0.571. The molecule has 0 bridgehead atoms. The highest BCUT2D eigenvalue weighted by Gasteiger charge is 2.24. The van der Waals surface area contributed by atoms with E-state index in [0.29, 0.717) is 11.3 Å². The molecule has 0 radical (unpaired) electrons. The molecule has 5 heteroatoms. The average molecular weight is 253 g/mol. The molecule has 0 aliphatic heterocycles. The average Bonchev–Trinajstić information content (AvgIpc) is 2.48. The highest BCUT2D eigenvalue weighted by molar-refractivity contribution is 5.96. The van der Waals surface area contributed by atoms with Gasteiger partial charge in [0.1, 0.15) is 0 Å². The first-order valence-corrected chi connectivity index (χ1v) is 6.11. The van der Waals surface area contributed by atoms with Crippen LogP contribution in [-0.2, 0) is 7.05 Å². The molecule has 1 aromatic rings. The van der Waals surface area contributed by atoms with Crippen molar-refractivity contribution in [2.24, 2.45) is 12.5 Å². The van der Waals surface area contributed by atoms with E-state index in [1.165, 1.54) is 0 Å². The first-order valence-electron chi connectivity index (χ1n) is 6.11. The van der Waals surface area contributed by atoms with Crippen LogP contribution >= 0.6 is 0 Å². The van der Waals surface area contributed by atoms with Crippen LogP contribution < -0.4 is 5.32 Å². The lowest BCUT2D eigenvalue weighted by atomic mass is 9.89. The standard InChI is InChI=1S/C13H23N3O2/c1-8-11(9(2)16(6)15-8)12(18)14-7-10(17)13(3,4)5/h10,17H,7H2,1-6H3,(H,14,18). The number of carbonyl (C=O) groups excluding carboxylic acids is 1. The van der Waals surface area contributed by atoms with Crippen LogP contribution in [0.15, 0.2) is 0 Å². The van der Waals surface area contributed by atoms with Gasteiger partial charge in [-0.1, -0.05) is 20.8 Å². The Morgan fingerprint density at radius 2 is 2.00 bits per heavy atom. The third-order valence-corrected chi connectivity index (χ3v) is 3.19. The maximum atomic E-state index is 12.1. The van der Waals surface area contributed by atoms with Gasteiger partial charge in [-0.05, 0) is 19.3 Å². The summed E-state index contributed by atoms with van der Waals surface area (Å²) in [5.41, 5.74) is 1.89. The molecule has 1 heterocycles. The van der Waals surface area contributed by atoms with E-state index < -0.39 is 6.10 Å². The number of nitrogens with one attached hydrogen (secondary N) is 1. The van der Waals surface area contributed by atoms with Crippen molar-refractivity contribution >= 4 is 5.91 Å². The molecule has 0 saturated heterocycles. The van der Waals surface area contributed by atoms with Crippen LogP contribution in [0.1, 0.15) is 42.5 Å². The van der Waals surface area contributed by atoms with E-state index in [0.717, 1.165) is 5.69 Å². The molecule has 1 amide bonds. The number of carbonyl (C=O) groups is 1. The third kappa shape index (κ3) is 3.10. The number of nitrogens with zero attached hydrogens (tertiary/aromatic N) is 2. The Balaban J connectivity index is 2.73. The van der Waals surface area contributed by atoms with Crippen molar-refractivity contribution in [3.63, 3.8) is 0 Å². The van der Waals surface area contributed by atoms with Crippen molar-refractivity contribution in [1.29, 1.82) is 0 Å². The first kappa shape index (κ1) is 14.7. The topological polar surface area (TPSA) is 67.2 Å². The summed E-state index contributed by atoms with van der Waals surface area (Å²) in [4.78, 5) is 12.1. The summed E-state index contributed by atoms with van der Waals surface area (Å²) in [6.45, 7) is 9.71. The number of hydrogen-bond acceptors (Lipinski definition) is 3. The number of hydrogen-bond donors (Lipinski definition) is 2. The number of aromatic nitrogens is 2. The lowest BCUT2D eigenvalue weighted by Gasteiger charge is -2.25. The minimum absolute atomic E-state index is 0.179. The molecule has 102 valence electrons. The van der Waals surface area contributed by atoms with Crippen LogP contribution in [0.2, 0.25) is 0 Å². The van der Waals surface area contributed by atoms with Gasteiger partial charge in [0.2, 0.25) is 0 Å². The van der Waals surface area contributed by atoms with Crippen molar-refractivity contribution in [3.05, 3.63) is 17.0 Å². The fraction of sp³-hybridized carbons (Fsp3) is 0.692. The number of amides is 1. The Hall–Kier alpha value is -1.36. The molecular weight excluding hydrogens is 230 g/mol. The Labute approximate surface area is 108 Å². The number of aliphatic hydroxyl groups is 1. The second kappa shape index (κ2) is 5.10. The van der Waals surface area contributed by atoms with Crippen molar-refractivity contribution in [2.75, 3.05) is 6.54 Å². The van der Waals surface area contributed by atoms with Crippen LogP contribution in [0.25, 0.3) is 0 Å². The summed E-state index contributed by atoms with van der Waals surface area (Å²) in [7, 11) is 1.81. The van der Waals surface area contributed by atoms with Gasteiger partial charge < -0.3 is 10.4 Å². The monoisotopic (exact) mass is 253 g/mol. The second-order valence-corrected chi connectivity index (χ2v) is 5.76. The first-order chi connectivity index (χ1) is 8.14. The second-order valence-electron chi connectivity index (χ2n) is 5.76. The Morgan fingerprint density at radius 1 is 1.44 bits per heavy atom. The quantitative estimate of drug-likeness (QED) is 0.850. The largest absolute Gasteiger partial charge is 0.391 e. The van der Waals surface area contributed by atoms with Crippen molar-refractivity contribution in [2.45, 2.75) is 40.7 Å². The maximum absolute atomic E-state index is 12.1. The molecule has 0 spiro atoms. The number of rotatable bonds is 3. The molecular formula is C13H23N3O2. The Kier molecular flexibility index (Phi) is 4.16. The van der Waals surface area contributed by atoms with E-state index in [1.807, 2.05) is 41.7 Å². The van der Waals surface area contributed by atoms with E-state index in [9.17, 15) is 9.90 Å². The summed E-state index contributed by atoms with van der Waals surface area (Å²) in [6.07, 6.45) is -0.571. The normalized spacial score (nSPS) is 13.5. The zero-order valence-electron chi connectivity index (χ0n) is 12.0. The van der Waals surface area contributed by atoms with Gasteiger partial charge in [0.05, 0.1) is 17.4 Å². The third-order valence-electron chi connectivity index (χ3n) is 3.19. The molecule has 0 saturated carbocycles. The SMILES string of the molecule is Cc1nn(C)c(C)c1C(=O)NCC(O)C(C)(C)C. The summed E-state index contributed by atoms with van der Waals surface area (Å²) >= 11 is 0. The van der Waals surface area contributed by atoms with Crippen LogP contribution in [-0.4, -0.2) is 33.4 Å². The van der Waals surface area contributed by atoms with E-state index in [1.54, 1.807) is 4.68 Å². The zero-order valence-corrected chi connectivity index (χ0v) is 12.0. The molecule has 0 aliphatic rings. The molecule has 18 heavy (non-hydrogen) atoms. The number of aryl methyl sites for hydroxylation is 2. The molecule has 1 rings (SSSR count). The van der Waals surface area contributed by atoms with Gasteiger partial charge in [0.25, 0.3) is 5.91 Å². The predicted molar refractivity (Wildman–Crippen MR) is 70.5 cm³/mol. The smallest absolute Gasteiger partial charge is 0.255 e. The van der Waals surface area contributed by atoms with Gasteiger partial charge in [-0.25, -0.2) is 0 Å². The molecule has 0 aliphatic carbocycles. The van der Waals surface area contributed by atoms with Crippen molar-refractivity contribution in [3.8, 4) is 0 Å². The maximum Gasteiger partial charge on any atom is 0.255 e.